The number of benzene rings is 1. The van der Waals surface area contributed by atoms with Crippen molar-refractivity contribution in [1.29, 1.82) is 0 Å². The smallest absolute Gasteiger partial charge is 0.306 e. The SMILES string of the molecule is CC[C@@]1(CCC(=O)O[C@@H]2C[C@H]3CC[C@]2(CS(=O)(=O)N(C(C)C)C(C)C)C3(C)C)CCCN2CCc3c([nH]c4ccccc34)[C@@H]21. The topological polar surface area (TPSA) is 82.7 Å². The van der Waals surface area contributed by atoms with E-state index in [-0.39, 0.29) is 46.8 Å². The van der Waals surface area contributed by atoms with Gasteiger partial charge in [-0.2, -0.15) is 4.31 Å². The largest absolute Gasteiger partial charge is 0.462 e. The number of carbonyl (C=O) groups excluding carboxylic acids is 1. The van der Waals surface area contributed by atoms with E-state index in [0.29, 0.717) is 12.3 Å². The molecule has 1 aromatic carbocycles. The number of rotatable bonds is 10. The van der Waals surface area contributed by atoms with Gasteiger partial charge in [-0.1, -0.05) is 39.0 Å². The number of hydrogen-bond acceptors (Lipinski definition) is 5. The summed E-state index contributed by atoms with van der Waals surface area (Å²) in [5.41, 5.74) is 3.26. The Bertz CT molecular complexity index is 1490. The molecule has 8 heteroatoms. The van der Waals surface area contributed by atoms with Gasteiger partial charge in [-0.25, -0.2) is 8.42 Å². The lowest BCUT2D eigenvalue weighted by atomic mass is 9.65. The fraction of sp³-hybridized carbons (Fsp3) is 0.750. The van der Waals surface area contributed by atoms with E-state index in [4.69, 9.17) is 4.74 Å². The van der Waals surface area contributed by atoms with E-state index in [0.717, 1.165) is 64.5 Å². The second-order valence-electron chi connectivity index (χ2n) is 15.7. The fourth-order valence-electron chi connectivity index (χ4n) is 10.5. The lowest BCUT2D eigenvalue weighted by Crippen LogP contribution is -2.52. The number of fused-ring (bicyclic) bond motifs is 7. The first-order valence-corrected chi connectivity index (χ1v) is 18.9. The van der Waals surface area contributed by atoms with Crippen LogP contribution in [-0.2, 0) is 26.0 Å². The first-order chi connectivity index (χ1) is 20.8. The van der Waals surface area contributed by atoms with E-state index in [2.05, 4.69) is 54.9 Å². The second kappa shape index (κ2) is 11.4. The summed E-state index contributed by atoms with van der Waals surface area (Å²) in [5.74, 6) is 0.271. The Kier molecular flexibility index (Phi) is 8.31. The maximum absolute atomic E-state index is 14.0. The van der Waals surface area contributed by atoms with Gasteiger partial charge in [0, 0.05) is 47.1 Å². The Morgan fingerprint density at radius 2 is 1.84 bits per heavy atom. The van der Waals surface area contributed by atoms with E-state index < -0.39 is 15.4 Å². The van der Waals surface area contributed by atoms with Crippen molar-refractivity contribution in [2.24, 2.45) is 22.2 Å². The van der Waals surface area contributed by atoms with Gasteiger partial charge in [0.1, 0.15) is 6.10 Å². The van der Waals surface area contributed by atoms with Crippen LogP contribution >= 0.6 is 0 Å². The normalized spacial score (nSPS) is 31.6. The molecule has 2 aliphatic heterocycles. The summed E-state index contributed by atoms with van der Waals surface area (Å²) in [4.78, 5) is 20.3. The van der Waals surface area contributed by atoms with E-state index in [1.54, 1.807) is 4.31 Å². The lowest BCUT2D eigenvalue weighted by Gasteiger charge is -2.52. The number of piperidine rings is 1. The Balaban J connectivity index is 1.22. The number of H-pyrrole nitrogens is 1. The van der Waals surface area contributed by atoms with Crippen LogP contribution in [0, 0.1) is 22.2 Å². The quantitative estimate of drug-likeness (QED) is 0.282. The second-order valence-corrected chi connectivity index (χ2v) is 17.5. The van der Waals surface area contributed by atoms with Gasteiger partial charge in [-0.3, -0.25) is 9.69 Å². The molecule has 0 spiro atoms. The van der Waals surface area contributed by atoms with E-state index in [1.165, 1.54) is 22.2 Å². The van der Waals surface area contributed by atoms with Gasteiger partial charge in [-0.15, -0.1) is 0 Å². The lowest BCUT2D eigenvalue weighted by molar-refractivity contribution is -0.158. The van der Waals surface area contributed by atoms with Gasteiger partial charge in [0.05, 0.1) is 11.8 Å². The monoisotopic (exact) mass is 625 g/mol. The maximum atomic E-state index is 14.0. The van der Waals surface area contributed by atoms with Crippen molar-refractivity contribution in [2.45, 2.75) is 130 Å². The van der Waals surface area contributed by atoms with Crippen LogP contribution in [-0.4, -0.2) is 65.6 Å². The van der Waals surface area contributed by atoms with Crippen LogP contribution < -0.4 is 0 Å². The minimum Gasteiger partial charge on any atom is -0.462 e. The summed E-state index contributed by atoms with van der Waals surface area (Å²) in [5, 5.41) is 1.34. The molecule has 0 amide bonds. The van der Waals surface area contributed by atoms with Gasteiger partial charge in [-0.05, 0) is 114 Å². The summed E-state index contributed by atoms with van der Waals surface area (Å²) in [6.45, 7) is 16.7. The van der Waals surface area contributed by atoms with Crippen molar-refractivity contribution < 1.29 is 17.9 Å². The van der Waals surface area contributed by atoms with Crippen LogP contribution in [0.25, 0.3) is 10.9 Å². The first kappa shape index (κ1) is 32.1. The van der Waals surface area contributed by atoms with E-state index in [9.17, 15) is 13.2 Å². The summed E-state index contributed by atoms with van der Waals surface area (Å²) in [7, 11) is -3.55. The predicted molar refractivity (Wildman–Crippen MR) is 177 cm³/mol. The van der Waals surface area contributed by atoms with Gasteiger partial charge < -0.3 is 9.72 Å². The molecule has 0 radical (unpaired) electrons. The van der Waals surface area contributed by atoms with Crippen LogP contribution in [0.4, 0.5) is 0 Å². The van der Waals surface area contributed by atoms with Crippen molar-refractivity contribution in [3.63, 3.8) is 0 Å². The number of nitrogens with zero attached hydrogens (tertiary/aromatic N) is 2. The minimum absolute atomic E-state index is 0.00265. The molecule has 3 fully saturated rings. The molecule has 2 aliphatic carbocycles. The summed E-state index contributed by atoms with van der Waals surface area (Å²) >= 11 is 0. The number of esters is 1. The van der Waals surface area contributed by atoms with Crippen LogP contribution in [0.5, 0.6) is 0 Å². The molecule has 244 valence electrons. The summed E-state index contributed by atoms with van der Waals surface area (Å²) in [6.07, 6.45) is 7.71. The molecule has 7 nitrogen and oxygen atoms in total. The molecule has 0 unspecified atom stereocenters. The van der Waals surface area contributed by atoms with Crippen molar-refractivity contribution in [3.8, 4) is 0 Å². The third-order valence-corrected chi connectivity index (χ3v) is 15.1. The molecule has 5 atom stereocenters. The molecular formula is C36H55N3O4S. The van der Waals surface area contributed by atoms with Gasteiger partial charge in [0.2, 0.25) is 10.0 Å². The van der Waals surface area contributed by atoms with Crippen molar-refractivity contribution >= 4 is 26.9 Å². The zero-order chi connectivity index (χ0) is 31.7. The van der Waals surface area contributed by atoms with Crippen molar-refractivity contribution in [2.75, 3.05) is 18.8 Å². The number of carbonyl (C=O) groups is 1. The standard InChI is InChI=1S/C36H55N3O4S/c1-8-35(17-11-20-38-21-16-28-27-12-9-10-13-29(27)37-32(28)33(35)38)18-15-31(40)43-30-22-26-14-19-36(30,34(26,6)7)23-44(41,42)39(24(2)3)25(4)5/h9-10,12-13,24-26,30,33,37H,8,11,14-23H2,1-7H3/t26-,30-,33-,35+,36-/m1/s1. The molecule has 2 bridgehead atoms. The number of aromatic nitrogens is 1. The van der Waals surface area contributed by atoms with E-state index >= 15 is 0 Å². The maximum Gasteiger partial charge on any atom is 0.306 e. The highest BCUT2D eigenvalue weighted by atomic mass is 32.2. The number of aromatic amines is 1. The van der Waals surface area contributed by atoms with Crippen LogP contribution in [0.15, 0.2) is 24.3 Å². The number of sulfonamides is 1. The number of nitrogens with one attached hydrogen (secondary N) is 1. The molecule has 3 heterocycles. The van der Waals surface area contributed by atoms with Crippen molar-refractivity contribution in [3.05, 3.63) is 35.5 Å². The zero-order valence-corrected chi connectivity index (χ0v) is 28.9. The third-order valence-electron chi connectivity index (χ3n) is 12.8. The number of ether oxygens (including phenoxy) is 1. The number of hydrogen-bond donors (Lipinski definition) is 1. The molecule has 1 N–H and O–H groups in total. The molecule has 2 saturated carbocycles. The van der Waals surface area contributed by atoms with Crippen LogP contribution in [0.3, 0.4) is 0 Å². The Morgan fingerprint density at radius 3 is 2.52 bits per heavy atom. The Hall–Kier alpha value is -1.90. The Labute approximate surface area is 265 Å². The first-order valence-electron chi connectivity index (χ1n) is 17.3. The third kappa shape index (κ3) is 4.97. The zero-order valence-electron chi connectivity index (χ0n) is 28.1. The van der Waals surface area contributed by atoms with Crippen LogP contribution in [0.2, 0.25) is 0 Å². The molecule has 2 aromatic rings. The molecule has 4 aliphatic rings. The van der Waals surface area contributed by atoms with Crippen molar-refractivity contribution in [1.82, 2.24) is 14.2 Å². The fourth-order valence-corrected chi connectivity index (χ4v) is 13.3. The molecule has 44 heavy (non-hydrogen) atoms. The summed E-state index contributed by atoms with van der Waals surface area (Å²) in [6, 6.07) is 8.70. The highest BCUT2D eigenvalue weighted by Crippen LogP contribution is 2.67. The summed E-state index contributed by atoms with van der Waals surface area (Å²) < 4.78 is 36.0. The Morgan fingerprint density at radius 1 is 1.11 bits per heavy atom. The predicted octanol–water partition coefficient (Wildman–Crippen LogP) is 7.22. The number of para-hydroxylation sites is 1. The van der Waals surface area contributed by atoms with Gasteiger partial charge in [0.25, 0.3) is 0 Å². The molecular weight excluding hydrogens is 570 g/mol. The molecule has 1 saturated heterocycles. The minimum atomic E-state index is -3.55. The average molecular weight is 626 g/mol. The highest BCUT2D eigenvalue weighted by Gasteiger charge is 2.67. The molecule has 1 aromatic heterocycles. The highest BCUT2D eigenvalue weighted by molar-refractivity contribution is 7.89. The van der Waals surface area contributed by atoms with Gasteiger partial charge in [0.15, 0.2) is 0 Å². The van der Waals surface area contributed by atoms with E-state index in [1.807, 2.05) is 27.7 Å². The average Bonchev–Trinajstić information content (AvgIpc) is 3.51. The molecule has 6 rings (SSSR count). The van der Waals surface area contributed by atoms with Gasteiger partial charge >= 0.3 is 5.97 Å². The van der Waals surface area contributed by atoms with Crippen LogP contribution in [0.1, 0.15) is 117 Å².